The van der Waals surface area contributed by atoms with Crippen LogP contribution in [0.3, 0.4) is 0 Å². The first-order chi connectivity index (χ1) is 6.61. The fourth-order valence-electron chi connectivity index (χ4n) is 2.04. The van der Waals surface area contributed by atoms with Crippen LogP contribution in [0.5, 0.6) is 0 Å². The average Bonchev–Trinajstić information content (AvgIpc) is 2.45. The quantitative estimate of drug-likeness (QED) is 0.732. The first-order valence-electron chi connectivity index (χ1n) is 4.84. The number of aliphatic hydroxyl groups excluding tert-OH is 1. The molecule has 0 saturated carbocycles. The summed E-state index contributed by atoms with van der Waals surface area (Å²) >= 11 is 0. The number of nitrogens with zero attached hydrogens (tertiary/aromatic N) is 1. The molecule has 1 N–H and O–H groups in total. The summed E-state index contributed by atoms with van der Waals surface area (Å²) in [5.74, 6) is 0. The molecule has 2 rings (SSSR count). The molecule has 0 fully saturated rings. The van der Waals surface area contributed by atoms with Crippen LogP contribution in [0.4, 0.5) is 0 Å². The third kappa shape index (κ3) is 1.23. The zero-order valence-corrected chi connectivity index (χ0v) is 8.78. The van der Waals surface area contributed by atoms with Crippen molar-refractivity contribution >= 4 is 10.9 Å². The maximum atomic E-state index is 9.58. The van der Waals surface area contributed by atoms with Gasteiger partial charge in [0.1, 0.15) is 0 Å². The van der Waals surface area contributed by atoms with Gasteiger partial charge < -0.3 is 9.67 Å². The zero-order chi connectivity index (χ0) is 10.3. The van der Waals surface area contributed by atoms with E-state index in [1.54, 1.807) is 6.92 Å². The molecule has 2 aromatic rings. The molecule has 1 heterocycles. The van der Waals surface area contributed by atoms with E-state index in [0.717, 1.165) is 5.69 Å². The Bertz CT molecular complexity index is 468. The molecule has 0 spiro atoms. The van der Waals surface area contributed by atoms with E-state index in [0.29, 0.717) is 0 Å². The molecule has 1 aromatic heterocycles. The first-order valence-corrected chi connectivity index (χ1v) is 4.84. The Balaban J connectivity index is 2.81. The molecule has 2 heteroatoms. The molecule has 14 heavy (non-hydrogen) atoms. The number of hydrogen-bond donors (Lipinski definition) is 1. The number of rotatable bonds is 1. The number of aromatic nitrogens is 1. The SMILES string of the molecule is Cc1cccc2cc(C(C)O)n(C)c12. The van der Waals surface area contributed by atoms with Crippen LogP contribution in [-0.2, 0) is 7.05 Å². The lowest BCUT2D eigenvalue weighted by molar-refractivity contribution is 0.191. The van der Waals surface area contributed by atoms with Crippen LogP contribution in [0.15, 0.2) is 24.3 Å². The molecular weight excluding hydrogens is 174 g/mol. The van der Waals surface area contributed by atoms with E-state index in [1.165, 1.54) is 16.5 Å². The molecule has 1 atom stereocenters. The van der Waals surface area contributed by atoms with Crippen molar-refractivity contribution in [1.29, 1.82) is 0 Å². The molecule has 0 saturated heterocycles. The van der Waals surface area contributed by atoms with Crippen LogP contribution in [0.2, 0.25) is 0 Å². The summed E-state index contributed by atoms with van der Waals surface area (Å²) < 4.78 is 2.06. The van der Waals surface area contributed by atoms with Gasteiger partial charge in [-0.05, 0) is 25.5 Å². The van der Waals surface area contributed by atoms with E-state index in [1.807, 2.05) is 19.2 Å². The van der Waals surface area contributed by atoms with E-state index in [2.05, 4.69) is 23.6 Å². The topological polar surface area (TPSA) is 25.2 Å². The number of aliphatic hydroxyl groups is 1. The van der Waals surface area contributed by atoms with Crippen LogP contribution < -0.4 is 0 Å². The van der Waals surface area contributed by atoms with E-state index < -0.39 is 6.10 Å². The minimum Gasteiger partial charge on any atom is -0.387 e. The number of fused-ring (bicyclic) bond motifs is 1. The lowest BCUT2D eigenvalue weighted by Gasteiger charge is -2.07. The highest BCUT2D eigenvalue weighted by atomic mass is 16.3. The summed E-state index contributed by atoms with van der Waals surface area (Å²) in [6.07, 6.45) is -0.410. The van der Waals surface area contributed by atoms with Crippen molar-refractivity contribution in [3.63, 3.8) is 0 Å². The highest BCUT2D eigenvalue weighted by Gasteiger charge is 2.10. The molecule has 0 aliphatic carbocycles. The molecule has 0 amide bonds. The summed E-state index contributed by atoms with van der Waals surface area (Å²) in [5.41, 5.74) is 3.43. The molecule has 2 nitrogen and oxygen atoms in total. The van der Waals surface area contributed by atoms with Gasteiger partial charge in [-0.25, -0.2) is 0 Å². The fraction of sp³-hybridized carbons (Fsp3) is 0.333. The van der Waals surface area contributed by atoms with E-state index in [-0.39, 0.29) is 0 Å². The number of benzene rings is 1. The Morgan fingerprint density at radius 3 is 2.64 bits per heavy atom. The number of para-hydroxylation sites is 1. The zero-order valence-electron chi connectivity index (χ0n) is 8.78. The van der Waals surface area contributed by atoms with Gasteiger partial charge in [0.15, 0.2) is 0 Å². The minimum absolute atomic E-state index is 0.410. The summed E-state index contributed by atoms with van der Waals surface area (Å²) in [6.45, 7) is 3.89. The lowest BCUT2D eigenvalue weighted by Crippen LogP contribution is -2.00. The standard InChI is InChI=1S/C12H15NO/c1-8-5-4-6-10-7-11(9(2)14)13(3)12(8)10/h4-7,9,14H,1-3H3. The molecule has 0 bridgehead atoms. The van der Waals surface area contributed by atoms with E-state index in [9.17, 15) is 5.11 Å². The van der Waals surface area contributed by atoms with Crippen LogP contribution in [0, 0.1) is 6.92 Å². The maximum absolute atomic E-state index is 9.58. The fourth-order valence-corrected chi connectivity index (χ4v) is 2.04. The third-order valence-corrected chi connectivity index (χ3v) is 2.72. The van der Waals surface area contributed by atoms with Crippen molar-refractivity contribution in [2.24, 2.45) is 7.05 Å². The van der Waals surface area contributed by atoms with E-state index in [4.69, 9.17) is 0 Å². The van der Waals surface area contributed by atoms with Crippen LogP contribution in [0.1, 0.15) is 24.3 Å². The predicted molar refractivity (Wildman–Crippen MR) is 58.3 cm³/mol. The average molecular weight is 189 g/mol. The Kier molecular flexibility index (Phi) is 2.08. The molecule has 0 aliphatic rings. The monoisotopic (exact) mass is 189 g/mol. The molecule has 1 aromatic carbocycles. The van der Waals surface area contributed by atoms with Crippen molar-refractivity contribution in [2.75, 3.05) is 0 Å². The summed E-state index contributed by atoms with van der Waals surface area (Å²) in [5, 5.41) is 10.8. The third-order valence-electron chi connectivity index (χ3n) is 2.72. The van der Waals surface area contributed by atoms with Crippen LogP contribution in [0.25, 0.3) is 10.9 Å². The van der Waals surface area contributed by atoms with Gasteiger partial charge in [-0.2, -0.15) is 0 Å². The Morgan fingerprint density at radius 2 is 2.07 bits per heavy atom. The van der Waals surface area contributed by atoms with E-state index >= 15 is 0 Å². The van der Waals surface area contributed by atoms with Gasteiger partial charge in [0, 0.05) is 18.1 Å². The molecule has 0 radical (unpaired) electrons. The van der Waals surface area contributed by atoms with Crippen LogP contribution in [-0.4, -0.2) is 9.67 Å². The van der Waals surface area contributed by atoms with Crippen molar-refractivity contribution < 1.29 is 5.11 Å². The second-order valence-corrected chi connectivity index (χ2v) is 3.82. The highest BCUT2D eigenvalue weighted by Crippen LogP contribution is 2.25. The molecular formula is C12H15NO. The summed E-state index contributed by atoms with van der Waals surface area (Å²) in [6, 6.07) is 8.26. The second-order valence-electron chi connectivity index (χ2n) is 3.82. The predicted octanol–water partition coefficient (Wildman–Crippen LogP) is 2.54. The molecule has 74 valence electrons. The Labute approximate surface area is 83.8 Å². The molecule has 0 aliphatic heterocycles. The van der Waals surface area contributed by atoms with Gasteiger partial charge in [-0.3, -0.25) is 0 Å². The Hall–Kier alpha value is -1.28. The number of aryl methyl sites for hydroxylation is 2. The lowest BCUT2D eigenvalue weighted by atomic mass is 10.1. The van der Waals surface area contributed by atoms with Gasteiger partial charge >= 0.3 is 0 Å². The number of hydrogen-bond acceptors (Lipinski definition) is 1. The van der Waals surface area contributed by atoms with Gasteiger partial charge in [0.25, 0.3) is 0 Å². The summed E-state index contributed by atoms with van der Waals surface area (Å²) in [7, 11) is 2.00. The Morgan fingerprint density at radius 1 is 1.36 bits per heavy atom. The van der Waals surface area contributed by atoms with Gasteiger partial charge in [0.2, 0.25) is 0 Å². The summed E-state index contributed by atoms with van der Waals surface area (Å²) in [4.78, 5) is 0. The van der Waals surface area contributed by atoms with Crippen molar-refractivity contribution in [3.05, 3.63) is 35.5 Å². The smallest absolute Gasteiger partial charge is 0.0912 e. The normalized spacial score (nSPS) is 13.4. The molecule has 1 unspecified atom stereocenters. The van der Waals surface area contributed by atoms with Crippen molar-refractivity contribution in [3.8, 4) is 0 Å². The van der Waals surface area contributed by atoms with Crippen molar-refractivity contribution in [1.82, 2.24) is 4.57 Å². The van der Waals surface area contributed by atoms with Crippen molar-refractivity contribution in [2.45, 2.75) is 20.0 Å². The van der Waals surface area contributed by atoms with Crippen LogP contribution >= 0.6 is 0 Å². The minimum atomic E-state index is -0.410. The maximum Gasteiger partial charge on any atom is 0.0912 e. The second kappa shape index (κ2) is 3.14. The van der Waals surface area contributed by atoms with Gasteiger partial charge in [-0.1, -0.05) is 18.2 Å². The highest BCUT2D eigenvalue weighted by molar-refractivity contribution is 5.84. The van der Waals surface area contributed by atoms with Gasteiger partial charge in [-0.15, -0.1) is 0 Å². The first kappa shape index (κ1) is 9.28. The largest absolute Gasteiger partial charge is 0.387 e. The van der Waals surface area contributed by atoms with Gasteiger partial charge in [0.05, 0.1) is 11.6 Å².